The van der Waals surface area contributed by atoms with E-state index in [1.54, 1.807) is 11.1 Å². The van der Waals surface area contributed by atoms with Gasteiger partial charge in [-0.25, -0.2) is 0 Å². The second-order valence-electron chi connectivity index (χ2n) is 7.52. The lowest BCUT2D eigenvalue weighted by Crippen LogP contribution is -2.49. The van der Waals surface area contributed by atoms with Crippen LogP contribution in [-0.2, 0) is 25.7 Å². The summed E-state index contributed by atoms with van der Waals surface area (Å²) in [4.78, 5) is 38.0. The lowest BCUT2D eigenvalue weighted by molar-refractivity contribution is -0.144. The lowest BCUT2D eigenvalue weighted by Gasteiger charge is -2.35. The molecule has 1 aliphatic heterocycles. The number of ether oxygens (including phenoxy) is 1. The van der Waals surface area contributed by atoms with Crippen LogP contribution in [0, 0.1) is 5.92 Å². The Morgan fingerprint density at radius 1 is 1.29 bits per heavy atom. The standard InChI is InChI=1S/C18H30N6O4/c1-11(2)17(19)18(27)20-6-15(25)22-14-5-21-24(9-14)10-16(26)23-7-12(3)28-13(4)8-23/h5,9,11-13,17H,6-8,10,19H2,1-4H3,(H,20,27)(H,22,25)/t12?,13?,17-/m0/s1. The van der Waals surface area contributed by atoms with Crippen LogP contribution in [0.5, 0.6) is 0 Å². The molecule has 2 heterocycles. The van der Waals surface area contributed by atoms with Gasteiger partial charge < -0.3 is 26.0 Å². The van der Waals surface area contributed by atoms with Crippen molar-refractivity contribution in [2.75, 3.05) is 25.0 Å². The van der Waals surface area contributed by atoms with E-state index in [0.29, 0.717) is 18.8 Å². The number of hydrogen-bond donors (Lipinski definition) is 3. The number of nitrogens with zero attached hydrogens (tertiary/aromatic N) is 3. The van der Waals surface area contributed by atoms with Crippen molar-refractivity contribution in [2.24, 2.45) is 11.7 Å². The lowest BCUT2D eigenvalue weighted by atomic mass is 10.1. The van der Waals surface area contributed by atoms with Crippen LogP contribution in [0.15, 0.2) is 12.4 Å². The molecule has 1 aromatic rings. The van der Waals surface area contributed by atoms with Gasteiger partial charge in [0.25, 0.3) is 0 Å². The first-order valence-corrected chi connectivity index (χ1v) is 9.44. The summed E-state index contributed by atoms with van der Waals surface area (Å²) in [6.07, 6.45) is 3.03. The van der Waals surface area contributed by atoms with Gasteiger partial charge in [-0.2, -0.15) is 5.10 Å². The number of aromatic nitrogens is 2. The van der Waals surface area contributed by atoms with Gasteiger partial charge in [-0.05, 0) is 19.8 Å². The molecule has 1 aromatic heterocycles. The molecule has 156 valence electrons. The molecule has 3 amide bonds. The van der Waals surface area contributed by atoms with Crippen LogP contribution in [0.3, 0.4) is 0 Å². The number of rotatable bonds is 7. The molecular formula is C18H30N6O4. The highest BCUT2D eigenvalue weighted by Crippen LogP contribution is 2.12. The van der Waals surface area contributed by atoms with Crippen LogP contribution in [0.4, 0.5) is 5.69 Å². The zero-order valence-corrected chi connectivity index (χ0v) is 16.8. The predicted octanol–water partition coefficient (Wildman–Crippen LogP) is -0.443. The summed E-state index contributed by atoms with van der Waals surface area (Å²) in [6.45, 7) is 8.52. The van der Waals surface area contributed by atoms with E-state index in [0.717, 1.165) is 0 Å². The van der Waals surface area contributed by atoms with Crippen LogP contribution in [0.2, 0.25) is 0 Å². The monoisotopic (exact) mass is 394 g/mol. The number of nitrogens with two attached hydrogens (primary N) is 1. The van der Waals surface area contributed by atoms with E-state index in [1.165, 1.54) is 10.9 Å². The first kappa shape index (κ1) is 21.8. The van der Waals surface area contributed by atoms with E-state index in [2.05, 4.69) is 15.7 Å². The Bertz CT molecular complexity index is 694. The van der Waals surface area contributed by atoms with Gasteiger partial charge in [0.05, 0.1) is 36.7 Å². The molecule has 1 saturated heterocycles. The zero-order chi connectivity index (χ0) is 20.8. The Morgan fingerprint density at radius 3 is 2.54 bits per heavy atom. The number of nitrogens with one attached hydrogen (secondary N) is 2. The van der Waals surface area contributed by atoms with Crippen LogP contribution < -0.4 is 16.4 Å². The molecule has 2 unspecified atom stereocenters. The maximum absolute atomic E-state index is 12.4. The average Bonchev–Trinajstić information content (AvgIpc) is 3.04. The summed E-state index contributed by atoms with van der Waals surface area (Å²) >= 11 is 0. The smallest absolute Gasteiger partial charge is 0.244 e. The fraction of sp³-hybridized carbons (Fsp3) is 0.667. The number of carbonyl (C=O) groups is 3. The minimum absolute atomic E-state index is 0.000745. The molecule has 0 radical (unpaired) electrons. The number of anilines is 1. The van der Waals surface area contributed by atoms with Crippen LogP contribution in [0.1, 0.15) is 27.7 Å². The quantitative estimate of drug-likeness (QED) is 0.574. The molecule has 1 fully saturated rings. The van der Waals surface area contributed by atoms with E-state index in [1.807, 2.05) is 27.7 Å². The molecule has 0 spiro atoms. The van der Waals surface area contributed by atoms with Gasteiger partial charge >= 0.3 is 0 Å². The van der Waals surface area contributed by atoms with Gasteiger partial charge in [0, 0.05) is 19.3 Å². The van der Waals surface area contributed by atoms with E-state index in [9.17, 15) is 14.4 Å². The van der Waals surface area contributed by atoms with Crippen molar-refractivity contribution in [2.45, 2.75) is 52.5 Å². The molecule has 4 N–H and O–H groups in total. The molecule has 1 aliphatic rings. The zero-order valence-electron chi connectivity index (χ0n) is 16.8. The Labute approximate surface area is 164 Å². The summed E-state index contributed by atoms with van der Waals surface area (Å²) in [5, 5.41) is 9.23. The van der Waals surface area contributed by atoms with Crippen molar-refractivity contribution in [1.29, 1.82) is 0 Å². The van der Waals surface area contributed by atoms with Crippen LogP contribution in [-0.4, -0.2) is 70.3 Å². The van der Waals surface area contributed by atoms with E-state index in [4.69, 9.17) is 10.5 Å². The first-order valence-electron chi connectivity index (χ1n) is 9.44. The van der Waals surface area contributed by atoms with E-state index < -0.39 is 11.9 Å². The summed E-state index contributed by atoms with van der Waals surface area (Å²) in [7, 11) is 0. The molecule has 2 rings (SSSR count). The van der Waals surface area contributed by atoms with Gasteiger partial charge in [0.15, 0.2) is 0 Å². The molecule has 0 saturated carbocycles. The van der Waals surface area contributed by atoms with Crippen molar-refractivity contribution in [3.8, 4) is 0 Å². The average molecular weight is 394 g/mol. The molecule has 0 aromatic carbocycles. The van der Waals surface area contributed by atoms with Gasteiger partial charge in [0.2, 0.25) is 17.7 Å². The summed E-state index contributed by atoms with van der Waals surface area (Å²) in [5.41, 5.74) is 6.17. The Morgan fingerprint density at radius 2 is 1.93 bits per heavy atom. The van der Waals surface area contributed by atoms with Crippen molar-refractivity contribution in [1.82, 2.24) is 20.0 Å². The number of carbonyl (C=O) groups excluding carboxylic acids is 3. The van der Waals surface area contributed by atoms with Gasteiger partial charge in [-0.1, -0.05) is 13.8 Å². The number of amides is 3. The maximum Gasteiger partial charge on any atom is 0.244 e. The van der Waals surface area contributed by atoms with Crippen molar-refractivity contribution in [3.63, 3.8) is 0 Å². The molecule has 28 heavy (non-hydrogen) atoms. The van der Waals surface area contributed by atoms with E-state index >= 15 is 0 Å². The summed E-state index contributed by atoms with van der Waals surface area (Å²) in [6, 6.07) is -0.660. The summed E-state index contributed by atoms with van der Waals surface area (Å²) in [5.74, 6) is -0.847. The maximum atomic E-state index is 12.4. The second kappa shape index (κ2) is 9.65. The van der Waals surface area contributed by atoms with Crippen molar-refractivity contribution < 1.29 is 19.1 Å². The number of morpholine rings is 1. The fourth-order valence-electron chi connectivity index (χ4n) is 2.93. The second-order valence-corrected chi connectivity index (χ2v) is 7.52. The third kappa shape index (κ3) is 6.31. The topological polar surface area (TPSA) is 132 Å². The van der Waals surface area contributed by atoms with E-state index in [-0.39, 0.29) is 43.0 Å². The number of hydrogen-bond acceptors (Lipinski definition) is 6. The van der Waals surface area contributed by atoms with Gasteiger partial charge in [0.1, 0.15) is 6.54 Å². The third-order valence-corrected chi connectivity index (χ3v) is 4.43. The highest BCUT2D eigenvalue weighted by molar-refractivity contribution is 5.95. The minimum atomic E-state index is -0.660. The van der Waals surface area contributed by atoms with Gasteiger partial charge in [-0.3, -0.25) is 19.1 Å². The first-order chi connectivity index (χ1) is 13.2. The Hall–Kier alpha value is -2.46. The highest BCUT2D eigenvalue weighted by atomic mass is 16.5. The fourth-order valence-corrected chi connectivity index (χ4v) is 2.93. The third-order valence-electron chi connectivity index (χ3n) is 4.43. The van der Waals surface area contributed by atoms with Crippen LogP contribution >= 0.6 is 0 Å². The Kier molecular flexibility index (Phi) is 7.53. The highest BCUT2D eigenvalue weighted by Gasteiger charge is 2.26. The van der Waals surface area contributed by atoms with Gasteiger partial charge in [-0.15, -0.1) is 0 Å². The van der Waals surface area contributed by atoms with Crippen LogP contribution in [0.25, 0.3) is 0 Å². The van der Waals surface area contributed by atoms with Crippen molar-refractivity contribution in [3.05, 3.63) is 12.4 Å². The largest absolute Gasteiger partial charge is 0.372 e. The molecule has 3 atom stereocenters. The molecular weight excluding hydrogens is 364 g/mol. The summed E-state index contributed by atoms with van der Waals surface area (Å²) < 4.78 is 7.10. The molecule has 0 bridgehead atoms. The Balaban J connectivity index is 1.81. The molecule has 0 aliphatic carbocycles. The SMILES string of the molecule is CC1CN(C(=O)Cn2cc(NC(=O)CNC(=O)[C@@H](N)C(C)C)cn2)CC(C)O1. The molecule has 10 heteroatoms. The predicted molar refractivity (Wildman–Crippen MR) is 103 cm³/mol. The minimum Gasteiger partial charge on any atom is -0.372 e. The normalized spacial score (nSPS) is 20.7. The van der Waals surface area contributed by atoms with Crippen molar-refractivity contribution >= 4 is 23.4 Å². The molecule has 10 nitrogen and oxygen atoms in total.